The highest BCUT2D eigenvalue weighted by Gasteiger charge is 2.19. The van der Waals surface area contributed by atoms with Crippen molar-refractivity contribution in [1.82, 2.24) is 10.2 Å². The first-order chi connectivity index (χ1) is 6.88. The molecule has 1 fully saturated rings. The van der Waals surface area contributed by atoms with Gasteiger partial charge in [-0.1, -0.05) is 6.92 Å². The maximum Gasteiger partial charge on any atom is 0.0630 e. The van der Waals surface area contributed by atoms with Crippen molar-refractivity contribution in [3.8, 4) is 0 Å². The summed E-state index contributed by atoms with van der Waals surface area (Å²) in [4.78, 5) is 2.54. The predicted molar refractivity (Wildman–Crippen MR) is 63.1 cm³/mol. The van der Waals surface area contributed by atoms with Crippen molar-refractivity contribution in [2.45, 2.75) is 13.0 Å². The number of nitrogens with zero attached hydrogens (tertiary/aromatic N) is 1. The molecule has 14 heavy (non-hydrogen) atoms. The van der Waals surface area contributed by atoms with Crippen molar-refractivity contribution in [2.24, 2.45) is 0 Å². The minimum atomic E-state index is 0.556. The molecule has 0 amide bonds. The van der Waals surface area contributed by atoms with Crippen molar-refractivity contribution < 1.29 is 4.74 Å². The van der Waals surface area contributed by atoms with Gasteiger partial charge in [0.05, 0.1) is 6.61 Å². The highest BCUT2D eigenvalue weighted by atomic mass is 32.2. The molecule has 1 aliphatic rings. The van der Waals surface area contributed by atoms with E-state index in [9.17, 15) is 0 Å². The first-order valence-electron chi connectivity index (χ1n) is 5.40. The Kier molecular flexibility index (Phi) is 6.60. The first kappa shape index (κ1) is 12.3. The van der Waals surface area contributed by atoms with Crippen molar-refractivity contribution in [3.63, 3.8) is 0 Å². The minimum absolute atomic E-state index is 0.556. The molecule has 1 saturated heterocycles. The summed E-state index contributed by atoms with van der Waals surface area (Å²) >= 11 is 2.06. The van der Waals surface area contributed by atoms with Gasteiger partial charge in [-0.3, -0.25) is 4.90 Å². The Morgan fingerprint density at radius 1 is 1.43 bits per heavy atom. The first-order valence-corrected chi connectivity index (χ1v) is 6.55. The Balaban J connectivity index is 2.30. The van der Waals surface area contributed by atoms with E-state index in [-0.39, 0.29) is 0 Å². The second-order valence-corrected chi connectivity index (χ2v) is 4.79. The second-order valence-electron chi connectivity index (χ2n) is 3.57. The van der Waals surface area contributed by atoms with Crippen LogP contribution in [0.1, 0.15) is 6.92 Å². The average molecular weight is 218 g/mol. The number of likely N-dealkylation sites (N-methyl/N-ethyl adjacent to an activating group) is 1. The summed E-state index contributed by atoms with van der Waals surface area (Å²) in [7, 11) is 1.79. The lowest BCUT2D eigenvalue weighted by atomic mass is 10.2. The van der Waals surface area contributed by atoms with E-state index in [0.717, 1.165) is 19.7 Å². The zero-order chi connectivity index (χ0) is 10.2. The largest absolute Gasteiger partial charge is 0.383 e. The fourth-order valence-electron chi connectivity index (χ4n) is 1.74. The Morgan fingerprint density at radius 2 is 2.14 bits per heavy atom. The van der Waals surface area contributed by atoms with Gasteiger partial charge in [-0.2, -0.15) is 11.8 Å². The summed E-state index contributed by atoms with van der Waals surface area (Å²) in [6, 6.07) is 0.556. The van der Waals surface area contributed by atoms with Crippen molar-refractivity contribution in [3.05, 3.63) is 0 Å². The molecular weight excluding hydrogens is 196 g/mol. The molecule has 1 aliphatic heterocycles. The Bertz CT molecular complexity index is 140. The number of hydrogen-bond donors (Lipinski definition) is 1. The Labute approximate surface area is 91.6 Å². The van der Waals surface area contributed by atoms with Gasteiger partial charge in [0.1, 0.15) is 0 Å². The van der Waals surface area contributed by atoms with E-state index >= 15 is 0 Å². The molecule has 0 aromatic rings. The van der Waals surface area contributed by atoms with E-state index in [4.69, 9.17) is 4.74 Å². The molecule has 0 aromatic carbocycles. The topological polar surface area (TPSA) is 24.5 Å². The molecule has 0 aliphatic carbocycles. The van der Waals surface area contributed by atoms with Crippen LogP contribution < -0.4 is 5.32 Å². The van der Waals surface area contributed by atoms with Crippen LogP contribution >= 0.6 is 11.8 Å². The molecule has 1 N–H and O–H groups in total. The summed E-state index contributed by atoms with van der Waals surface area (Å²) < 4.78 is 5.27. The van der Waals surface area contributed by atoms with Gasteiger partial charge in [0.2, 0.25) is 0 Å². The molecule has 1 rings (SSSR count). The lowest BCUT2D eigenvalue weighted by Gasteiger charge is -2.34. The van der Waals surface area contributed by atoms with Gasteiger partial charge in [0.15, 0.2) is 0 Å². The predicted octanol–water partition coefficient (Wildman–Crippen LogP) is 0.660. The van der Waals surface area contributed by atoms with Crippen LogP contribution in [0.3, 0.4) is 0 Å². The maximum atomic E-state index is 5.27. The third kappa shape index (κ3) is 4.17. The van der Waals surface area contributed by atoms with Gasteiger partial charge < -0.3 is 10.1 Å². The van der Waals surface area contributed by atoms with Gasteiger partial charge in [-0.15, -0.1) is 0 Å². The zero-order valence-electron chi connectivity index (χ0n) is 9.29. The molecule has 4 heteroatoms. The van der Waals surface area contributed by atoms with Crippen LogP contribution in [0.25, 0.3) is 0 Å². The minimum Gasteiger partial charge on any atom is -0.383 e. The molecule has 0 radical (unpaired) electrons. The molecule has 0 bridgehead atoms. The summed E-state index contributed by atoms with van der Waals surface area (Å²) in [6.45, 7) is 7.51. The highest BCUT2D eigenvalue weighted by molar-refractivity contribution is 7.99. The number of rotatable bonds is 6. The smallest absolute Gasteiger partial charge is 0.0630 e. The summed E-state index contributed by atoms with van der Waals surface area (Å²) in [5.74, 6) is 2.54. The van der Waals surface area contributed by atoms with Crippen molar-refractivity contribution in [1.29, 1.82) is 0 Å². The van der Waals surface area contributed by atoms with Crippen LogP contribution in [0.4, 0.5) is 0 Å². The van der Waals surface area contributed by atoms with Gasteiger partial charge in [0, 0.05) is 44.3 Å². The lowest BCUT2D eigenvalue weighted by Crippen LogP contribution is -2.48. The molecule has 3 nitrogen and oxygen atoms in total. The molecule has 84 valence electrons. The standard InChI is InChI=1S/C10H22N2OS/c1-3-11-8-10(9-13-2)12-4-6-14-7-5-12/h10-11H,3-9H2,1-2H3. The fourth-order valence-corrected chi connectivity index (χ4v) is 2.67. The number of ether oxygens (including phenoxy) is 1. The average Bonchev–Trinajstić information content (AvgIpc) is 2.25. The normalized spacial score (nSPS) is 21.0. The molecule has 1 unspecified atom stereocenters. The van der Waals surface area contributed by atoms with E-state index in [2.05, 4.69) is 28.9 Å². The monoisotopic (exact) mass is 218 g/mol. The third-order valence-corrected chi connectivity index (χ3v) is 3.49. The van der Waals surface area contributed by atoms with Crippen LogP contribution in [-0.2, 0) is 4.74 Å². The van der Waals surface area contributed by atoms with Gasteiger partial charge in [-0.25, -0.2) is 0 Å². The van der Waals surface area contributed by atoms with Crippen LogP contribution in [0.2, 0.25) is 0 Å². The van der Waals surface area contributed by atoms with E-state index in [1.165, 1.54) is 24.6 Å². The Hall–Kier alpha value is 0.230. The second kappa shape index (κ2) is 7.51. The molecule has 0 spiro atoms. The van der Waals surface area contributed by atoms with Crippen LogP contribution in [-0.4, -0.2) is 62.3 Å². The third-order valence-electron chi connectivity index (χ3n) is 2.55. The lowest BCUT2D eigenvalue weighted by molar-refractivity contribution is 0.0959. The van der Waals surface area contributed by atoms with Crippen LogP contribution in [0, 0.1) is 0 Å². The zero-order valence-corrected chi connectivity index (χ0v) is 10.1. The van der Waals surface area contributed by atoms with E-state index < -0.39 is 0 Å². The van der Waals surface area contributed by atoms with E-state index in [0.29, 0.717) is 6.04 Å². The molecular formula is C10H22N2OS. The summed E-state index contributed by atoms with van der Waals surface area (Å²) in [5.41, 5.74) is 0. The van der Waals surface area contributed by atoms with Gasteiger partial charge >= 0.3 is 0 Å². The highest BCUT2D eigenvalue weighted by Crippen LogP contribution is 2.12. The van der Waals surface area contributed by atoms with Crippen molar-refractivity contribution in [2.75, 3.05) is 51.4 Å². The number of nitrogens with one attached hydrogen (secondary N) is 1. The molecule has 0 saturated carbocycles. The Morgan fingerprint density at radius 3 is 2.71 bits per heavy atom. The molecule has 1 heterocycles. The van der Waals surface area contributed by atoms with E-state index in [1.807, 2.05) is 0 Å². The van der Waals surface area contributed by atoms with Gasteiger partial charge in [-0.05, 0) is 6.54 Å². The van der Waals surface area contributed by atoms with E-state index in [1.54, 1.807) is 7.11 Å². The molecule has 0 aromatic heterocycles. The SMILES string of the molecule is CCNCC(COC)N1CCSCC1. The number of hydrogen-bond acceptors (Lipinski definition) is 4. The fraction of sp³-hybridized carbons (Fsp3) is 1.00. The summed E-state index contributed by atoms with van der Waals surface area (Å²) in [5, 5.41) is 3.40. The van der Waals surface area contributed by atoms with Crippen LogP contribution in [0.5, 0.6) is 0 Å². The number of thioether (sulfide) groups is 1. The maximum absolute atomic E-state index is 5.27. The molecule has 1 atom stereocenters. The quantitative estimate of drug-likeness (QED) is 0.708. The number of methoxy groups -OCH3 is 1. The van der Waals surface area contributed by atoms with Crippen molar-refractivity contribution >= 4 is 11.8 Å². The summed E-state index contributed by atoms with van der Waals surface area (Å²) in [6.07, 6.45) is 0. The van der Waals surface area contributed by atoms with Crippen LogP contribution in [0.15, 0.2) is 0 Å². The van der Waals surface area contributed by atoms with Gasteiger partial charge in [0.25, 0.3) is 0 Å².